The van der Waals surface area contributed by atoms with Crippen LogP contribution < -0.4 is 10.2 Å². The van der Waals surface area contributed by atoms with Gasteiger partial charge in [0, 0.05) is 60.9 Å². The number of urea groups is 1. The minimum atomic E-state index is 0.0219. The van der Waals surface area contributed by atoms with E-state index in [1.807, 2.05) is 42.3 Å². The van der Waals surface area contributed by atoms with Crippen molar-refractivity contribution in [2.24, 2.45) is 5.16 Å². The minimum Gasteiger partial charge on any atom is -0.396 e. The molecule has 0 radical (unpaired) electrons. The van der Waals surface area contributed by atoms with Crippen LogP contribution in [0.1, 0.15) is 39.0 Å². The molecule has 2 amide bonds. The molecule has 8 heteroatoms. The second kappa shape index (κ2) is 10.2. The van der Waals surface area contributed by atoms with Gasteiger partial charge in [0.25, 0.3) is 0 Å². The first kappa shape index (κ1) is 21.7. The fraction of sp³-hybridized carbons (Fsp3) is 0.522. The summed E-state index contributed by atoms with van der Waals surface area (Å²) in [6, 6.07) is 7.99. The van der Waals surface area contributed by atoms with Crippen LogP contribution in [0.3, 0.4) is 0 Å². The van der Waals surface area contributed by atoms with Gasteiger partial charge in [0.1, 0.15) is 6.61 Å². The molecule has 1 aromatic heterocycles. The van der Waals surface area contributed by atoms with Crippen molar-refractivity contribution in [3.8, 4) is 0 Å². The number of nitrogens with one attached hydrogen (secondary N) is 1. The second-order valence-electron chi connectivity index (χ2n) is 8.14. The maximum absolute atomic E-state index is 12.9. The lowest BCUT2D eigenvalue weighted by Gasteiger charge is -2.37. The number of hydrogen-bond donors (Lipinski definition) is 1. The van der Waals surface area contributed by atoms with Crippen LogP contribution in [0.4, 0.5) is 10.5 Å². The summed E-state index contributed by atoms with van der Waals surface area (Å²) in [4.78, 5) is 26.8. The maximum Gasteiger partial charge on any atom is 0.317 e. The maximum atomic E-state index is 12.9. The van der Waals surface area contributed by atoms with Crippen LogP contribution >= 0.6 is 11.6 Å². The third kappa shape index (κ3) is 5.39. The molecule has 1 aromatic carbocycles. The van der Waals surface area contributed by atoms with Crippen molar-refractivity contribution < 1.29 is 9.63 Å². The molecule has 1 saturated heterocycles. The van der Waals surface area contributed by atoms with Gasteiger partial charge in [-0.05, 0) is 50.5 Å². The number of hydrogen-bond acceptors (Lipinski definition) is 5. The fourth-order valence-corrected chi connectivity index (χ4v) is 4.53. The normalized spacial score (nSPS) is 21.2. The number of pyridine rings is 1. The molecule has 7 nitrogen and oxygen atoms in total. The van der Waals surface area contributed by atoms with E-state index in [9.17, 15) is 4.79 Å². The van der Waals surface area contributed by atoms with Gasteiger partial charge in [-0.15, -0.1) is 0 Å². The van der Waals surface area contributed by atoms with Crippen molar-refractivity contribution in [3.05, 3.63) is 35.5 Å². The summed E-state index contributed by atoms with van der Waals surface area (Å²) in [6.07, 6.45) is 6.74. The first-order valence-electron chi connectivity index (χ1n) is 11.2. The van der Waals surface area contributed by atoms with Crippen LogP contribution in [-0.2, 0) is 4.84 Å². The Morgan fingerprint density at radius 2 is 2.10 bits per heavy atom. The highest BCUT2D eigenvalue weighted by Crippen LogP contribution is 2.28. The summed E-state index contributed by atoms with van der Waals surface area (Å²) in [5.41, 5.74) is 3.09. The summed E-state index contributed by atoms with van der Waals surface area (Å²) in [5, 5.41) is 9.24. The molecule has 0 spiro atoms. The summed E-state index contributed by atoms with van der Waals surface area (Å²) in [7, 11) is 0. The van der Waals surface area contributed by atoms with Crippen molar-refractivity contribution in [2.45, 2.75) is 45.1 Å². The Labute approximate surface area is 188 Å². The highest BCUT2D eigenvalue weighted by atomic mass is 35.5. The zero-order valence-corrected chi connectivity index (χ0v) is 18.8. The van der Waals surface area contributed by atoms with Gasteiger partial charge in [0.15, 0.2) is 0 Å². The molecule has 1 N–H and O–H groups in total. The van der Waals surface area contributed by atoms with E-state index in [0.717, 1.165) is 67.5 Å². The lowest BCUT2D eigenvalue weighted by Crippen LogP contribution is -2.53. The van der Waals surface area contributed by atoms with Gasteiger partial charge in [-0.3, -0.25) is 4.98 Å². The number of halogens is 1. The van der Waals surface area contributed by atoms with Gasteiger partial charge < -0.3 is 20.0 Å². The van der Waals surface area contributed by atoms with Gasteiger partial charge in [-0.1, -0.05) is 23.2 Å². The Balaban J connectivity index is 1.35. The fourth-order valence-electron chi connectivity index (χ4n) is 4.37. The summed E-state index contributed by atoms with van der Waals surface area (Å²) in [5.74, 6) is 0. The first-order chi connectivity index (χ1) is 15.1. The molecule has 1 atom stereocenters. The van der Waals surface area contributed by atoms with Gasteiger partial charge in [0.05, 0.1) is 11.2 Å². The van der Waals surface area contributed by atoms with Gasteiger partial charge in [0.2, 0.25) is 0 Å². The van der Waals surface area contributed by atoms with Gasteiger partial charge >= 0.3 is 6.03 Å². The van der Waals surface area contributed by atoms with E-state index < -0.39 is 0 Å². The molecule has 166 valence electrons. The van der Waals surface area contributed by atoms with E-state index in [1.54, 1.807) is 0 Å². The predicted octanol–water partition coefficient (Wildman–Crippen LogP) is 4.45. The van der Waals surface area contributed by atoms with Crippen molar-refractivity contribution in [1.82, 2.24) is 15.2 Å². The first-order valence-corrected chi connectivity index (χ1v) is 11.5. The number of carbonyl (C=O) groups is 1. The molecule has 0 bridgehead atoms. The van der Waals surface area contributed by atoms with Crippen LogP contribution in [0, 0.1) is 0 Å². The van der Waals surface area contributed by atoms with Crippen LogP contribution in [0.5, 0.6) is 0 Å². The van der Waals surface area contributed by atoms with Gasteiger partial charge in [-0.25, -0.2) is 4.79 Å². The SMILES string of the molecule is CCON=C1CCCCC(NC(=O)N2CCN(c3ccnc4cc(Cl)ccc34)CC2)C1. The number of oxime groups is 1. The molecular formula is C23H30ClN5O2. The number of piperazine rings is 1. The van der Waals surface area contributed by atoms with Crippen LogP contribution in [0.25, 0.3) is 10.9 Å². The van der Waals surface area contributed by atoms with E-state index in [-0.39, 0.29) is 12.1 Å². The number of rotatable bonds is 4. The molecular weight excluding hydrogens is 414 g/mol. The van der Waals surface area contributed by atoms with E-state index in [2.05, 4.69) is 20.4 Å². The van der Waals surface area contributed by atoms with Crippen molar-refractivity contribution in [1.29, 1.82) is 0 Å². The Morgan fingerprint density at radius 1 is 1.26 bits per heavy atom. The molecule has 1 unspecified atom stereocenters. The Hall–Kier alpha value is -2.54. The van der Waals surface area contributed by atoms with Crippen LogP contribution in [-0.4, -0.2) is 60.5 Å². The van der Waals surface area contributed by atoms with Crippen molar-refractivity contribution >= 4 is 39.9 Å². The van der Waals surface area contributed by atoms with E-state index in [1.165, 1.54) is 0 Å². The third-order valence-electron chi connectivity index (χ3n) is 5.99. The lowest BCUT2D eigenvalue weighted by molar-refractivity contribution is 0.157. The third-order valence-corrected chi connectivity index (χ3v) is 6.22. The summed E-state index contributed by atoms with van der Waals surface area (Å²) in [6.45, 7) is 5.47. The van der Waals surface area contributed by atoms with Crippen LogP contribution in [0.15, 0.2) is 35.6 Å². The van der Waals surface area contributed by atoms with E-state index in [4.69, 9.17) is 16.4 Å². The minimum absolute atomic E-state index is 0.0219. The number of aromatic nitrogens is 1. The highest BCUT2D eigenvalue weighted by molar-refractivity contribution is 6.31. The molecule has 2 fully saturated rings. The number of amides is 2. The molecule has 31 heavy (non-hydrogen) atoms. The van der Waals surface area contributed by atoms with Crippen LogP contribution in [0.2, 0.25) is 5.02 Å². The zero-order valence-electron chi connectivity index (χ0n) is 18.0. The lowest BCUT2D eigenvalue weighted by atomic mass is 10.1. The average Bonchev–Trinajstić information content (AvgIpc) is 3.02. The second-order valence-corrected chi connectivity index (χ2v) is 8.57. The summed E-state index contributed by atoms with van der Waals surface area (Å²) >= 11 is 6.12. The molecule has 4 rings (SSSR count). The largest absolute Gasteiger partial charge is 0.396 e. The predicted molar refractivity (Wildman–Crippen MR) is 125 cm³/mol. The Bertz CT molecular complexity index is 943. The number of carbonyl (C=O) groups excluding carboxylic acids is 1. The number of anilines is 1. The topological polar surface area (TPSA) is 70.1 Å². The molecule has 1 aliphatic carbocycles. The van der Waals surface area contributed by atoms with E-state index in [0.29, 0.717) is 24.7 Å². The quantitative estimate of drug-likeness (QED) is 0.560. The molecule has 2 aliphatic rings. The monoisotopic (exact) mass is 443 g/mol. The van der Waals surface area contributed by atoms with E-state index >= 15 is 0 Å². The molecule has 1 aliphatic heterocycles. The standard InChI is InChI=1S/C23H30ClN5O2/c1-2-31-27-19-6-4-3-5-18(16-19)26-23(30)29-13-11-28(12-14-29)22-9-10-25-21-15-17(24)7-8-20(21)22/h7-10,15,18H,2-6,11-14,16H2,1H3,(H,26,30). The van der Waals surface area contributed by atoms with Crippen molar-refractivity contribution in [2.75, 3.05) is 37.7 Å². The molecule has 1 saturated carbocycles. The molecule has 2 heterocycles. The zero-order chi connectivity index (χ0) is 21.6. The number of benzene rings is 1. The van der Waals surface area contributed by atoms with Gasteiger partial charge in [-0.2, -0.15) is 0 Å². The Kier molecular flexibility index (Phi) is 7.12. The average molecular weight is 444 g/mol. The number of nitrogens with zero attached hydrogens (tertiary/aromatic N) is 4. The number of fused-ring (bicyclic) bond motifs is 1. The summed E-state index contributed by atoms with van der Waals surface area (Å²) < 4.78 is 0. The Morgan fingerprint density at radius 3 is 2.90 bits per heavy atom. The highest BCUT2D eigenvalue weighted by Gasteiger charge is 2.25. The smallest absolute Gasteiger partial charge is 0.317 e. The van der Waals surface area contributed by atoms with Crippen molar-refractivity contribution in [3.63, 3.8) is 0 Å². The molecule has 2 aromatic rings.